The number of sulfonamides is 1. The van der Waals surface area contributed by atoms with Crippen molar-refractivity contribution in [2.45, 2.75) is 9.24 Å². The number of hydrogen-bond acceptors (Lipinski definition) is 7. The number of amides is 1. The summed E-state index contributed by atoms with van der Waals surface area (Å²) in [4.78, 5) is 26.2. The summed E-state index contributed by atoms with van der Waals surface area (Å²) in [5, 5.41) is 0.577. The first-order valence-corrected chi connectivity index (χ1v) is 12.9. The monoisotopic (exact) mass is 473 g/mol. The molecule has 0 bridgehead atoms. The van der Waals surface area contributed by atoms with Gasteiger partial charge in [0.2, 0.25) is 15.9 Å². The van der Waals surface area contributed by atoms with Crippen LogP contribution in [0.25, 0.3) is 21.3 Å². The zero-order valence-electron chi connectivity index (χ0n) is 16.4. The highest BCUT2D eigenvalue weighted by Crippen LogP contribution is 2.30. The minimum Gasteiger partial charge on any atom is -0.345 e. The van der Waals surface area contributed by atoms with E-state index in [1.165, 1.54) is 22.3 Å². The van der Waals surface area contributed by atoms with Crippen LogP contribution < -0.4 is 0 Å². The quantitative estimate of drug-likeness (QED) is 0.448. The van der Waals surface area contributed by atoms with Gasteiger partial charge >= 0.3 is 0 Å². The molecule has 1 aromatic carbocycles. The highest BCUT2D eigenvalue weighted by molar-refractivity contribution is 8.01. The lowest BCUT2D eigenvalue weighted by molar-refractivity contribution is -0.129. The molecule has 0 unspecified atom stereocenters. The van der Waals surface area contributed by atoms with Crippen molar-refractivity contribution in [2.75, 3.05) is 31.9 Å². The number of thioether (sulfide) groups is 1. The number of piperazine rings is 1. The number of pyridine rings is 1. The van der Waals surface area contributed by atoms with Gasteiger partial charge in [0.25, 0.3) is 0 Å². The van der Waals surface area contributed by atoms with E-state index in [1.54, 1.807) is 34.6 Å². The molecule has 11 heteroatoms. The minimum atomic E-state index is -3.65. The van der Waals surface area contributed by atoms with Crippen molar-refractivity contribution in [3.05, 3.63) is 48.8 Å². The van der Waals surface area contributed by atoms with Gasteiger partial charge < -0.3 is 9.88 Å². The predicted octanol–water partition coefficient (Wildman–Crippen LogP) is 2.80. The van der Waals surface area contributed by atoms with E-state index in [9.17, 15) is 13.2 Å². The number of thiazole rings is 1. The molecule has 3 aromatic heterocycles. The molecule has 0 atom stereocenters. The van der Waals surface area contributed by atoms with Crippen molar-refractivity contribution in [3.8, 4) is 0 Å². The maximum Gasteiger partial charge on any atom is 0.245 e. The fourth-order valence-electron chi connectivity index (χ4n) is 3.59. The van der Waals surface area contributed by atoms with Gasteiger partial charge in [0.15, 0.2) is 4.34 Å². The highest BCUT2D eigenvalue weighted by Gasteiger charge is 2.32. The van der Waals surface area contributed by atoms with Crippen LogP contribution >= 0.6 is 23.1 Å². The lowest BCUT2D eigenvalue weighted by Gasteiger charge is -2.33. The molecule has 1 saturated heterocycles. The number of aromatic amines is 1. The van der Waals surface area contributed by atoms with Crippen molar-refractivity contribution in [2.24, 2.45) is 0 Å². The lowest BCUT2D eigenvalue weighted by Crippen LogP contribution is -2.50. The number of H-pyrrole nitrogens is 1. The SMILES string of the molecule is O=C(CSc1nc2ccccc2s1)N1CCN(S(=O)(=O)c2c[nH]c3ncccc23)CC1. The Bertz CT molecular complexity index is 1320. The summed E-state index contributed by atoms with van der Waals surface area (Å²) in [6.07, 6.45) is 3.10. The molecular weight excluding hydrogens is 454 g/mol. The number of carbonyl (C=O) groups excluding carboxylic acids is 1. The summed E-state index contributed by atoms with van der Waals surface area (Å²) in [6.45, 7) is 1.29. The standard InChI is InChI=1S/C20H19N5O3S3/c26-18(13-29-20-23-15-5-1-2-6-16(15)30-20)24-8-10-25(11-9-24)31(27,28)17-12-22-19-14(17)4-3-7-21-19/h1-7,12H,8-11,13H2,(H,21,22). The Balaban J connectivity index is 1.21. The van der Waals surface area contributed by atoms with E-state index in [4.69, 9.17) is 0 Å². The van der Waals surface area contributed by atoms with Crippen LogP contribution in [0.5, 0.6) is 0 Å². The van der Waals surface area contributed by atoms with E-state index >= 15 is 0 Å². The van der Waals surface area contributed by atoms with E-state index in [1.807, 2.05) is 24.3 Å². The zero-order valence-corrected chi connectivity index (χ0v) is 18.8. The molecule has 8 nitrogen and oxygen atoms in total. The molecule has 0 spiro atoms. The van der Waals surface area contributed by atoms with Gasteiger partial charge in [-0.15, -0.1) is 11.3 Å². The number of fused-ring (bicyclic) bond motifs is 2. The van der Waals surface area contributed by atoms with Crippen LogP contribution in [0, 0.1) is 0 Å². The number of benzene rings is 1. The molecule has 1 aliphatic heterocycles. The molecule has 31 heavy (non-hydrogen) atoms. The highest BCUT2D eigenvalue weighted by atomic mass is 32.2. The van der Waals surface area contributed by atoms with Gasteiger partial charge in [-0.05, 0) is 24.3 Å². The first-order chi connectivity index (χ1) is 15.0. The smallest absolute Gasteiger partial charge is 0.245 e. The van der Waals surface area contributed by atoms with Crippen LogP contribution in [0.4, 0.5) is 0 Å². The van der Waals surface area contributed by atoms with Crippen LogP contribution in [-0.2, 0) is 14.8 Å². The first-order valence-electron chi connectivity index (χ1n) is 9.71. The Labute approximate surface area is 187 Å². The summed E-state index contributed by atoms with van der Waals surface area (Å²) in [5.74, 6) is 0.290. The second kappa shape index (κ2) is 8.23. The average molecular weight is 474 g/mol. The van der Waals surface area contributed by atoms with Gasteiger partial charge in [0.05, 0.1) is 16.0 Å². The van der Waals surface area contributed by atoms with Crippen molar-refractivity contribution in [3.63, 3.8) is 0 Å². The lowest BCUT2D eigenvalue weighted by atomic mass is 10.3. The molecule has 160 valence electrons. The number of nitrogens with one attached hydrogen (secondary N) is 1. The van der Waals surface area contributed by atoms with Gasteiger partial charge in [-0.25, -0.2) is 18.4 Å². The summed E-state index contributed by atoms with van der Waals surface area (Å²) < 4.78 is 29.6. The summed E-state index contributed by atoms with van der Waals surface area (Å²) in [6, 6.07) is 11.4. The maximum absolute atomic E-state index is 13.1. The minimum absolute atomic E-state index is 0.00222. The third-order valence-electron chi connectivity index (χ3n) is 5.22. The molecule has 1 amide bonds. The second-order valence-electron chi connectivity index (χ2n) is 7.07. The molecule has 1 N–H and O–H groups in total. The van der Waals surface area contributed by atoms with Crippen LogP contribution in [-0.4, -0.2) is 70.4 Å². The fraction of sp³-hybridized carbons (Fsp3) is 0.250. The Hall–Kier alpha value is -2.47. The van der Waals surface area contributed by atoms with Crippen molar-refractivity contribution >= 4 is 60.3 Å². The van der Waals surface area contributed by atoms with E-state index in [-0.39, 0.29) is 23.9 Å². The molecule has 0 aliphatic carbocycles. The molecule has 1 fully saturated rings. The molecule has 4 heterocycles. The number of aromatic nitrogens is 3. The zero-order chi connectivity index (χ0) is 21.4. The third-order valence-corrected chi connectivity index (χ3v) is 9.32. The van der Waals surface area contributed by atoms with E-state index in [0.29, 0.717) is 29.9 Å². The fourth-order valence-corrected chi connectivity index (χ4v) is 7.13. The first kappa shape index (κ1) is 20.4. The van der Waals surface area contributed by atoms with Crippen molar-refractivity contribution in [1.29, 1.82) is 0 Å². The summed E-state index contributed by atoms with van der Waals surface area (Å²) >= 11 is 3.00. The normalized spacial score (nSPS) is 15.7. The van der Waals surface area contributed by atoms with Crippen molar-refractivity contribution in [1.82, 2.24) is 24.2 Å². The maximum atomic E-state index is 13.1. The van der Waals surface area contributed by atoms with E-state index in [0.717, 1.165) is 14.6 Å². The topological polar surface area (TPSA) is 99.3 Å². The second-order valence-corrected chi connectivity index (χ2v) is 11.2. The molecule has 1 aliphatic rings. The van der Waals surface area contributed by atoms with Crippen LogP contribution in [0.1, 0.15) is 0 Å². The van der Waals surface area contributed by atoms with Gasteiger partial charge in [-0.1, -0.05) is 23.9 Å². The number of carbonyl (C=O) groups is 1. The van der Waals surface area contributed by atoms with E-state index in [2.05, 4.69) is 15.0 Å². The molecule has 5 rings (SSSR count). The molecular formula is C20H19N5O3S3. The number of nitrogens with zero attached hydrogens (tertiary/aromatic N) is 4. The van der Waals surface area contributed by atoms with Crippen molar-refractivity contribution < 1.29 is 13.2 Å². The Morgan fingerprint density at radius 2 is 1.94 bits per heavy atom. The molecule has 0 saturated carbocycles. The molecule has 0 radical (unpaired) electrons. The third kappa shape index (κ3) is 3.93. The summed E-state index contributed by atoms with van der Waals surface area (Å²) in [7, 11) is -3.65. The predicted molar refractivity (Wildman–Crippen MR) is 122 cm³/mol. The largest absolute Gasteiger partial charge is 0.345 e. The number of para-hydroxylation sites is 1. The molecule has 4 aromatic rings. The Morgan fingerprint density at radius 1 is 1.13 bits per heavy atom. The van der Waals surface area contributed by atoms with E-state index < -0.39 is 10.0 Å². The van der Waals surface area contributed by atoms with Crippen LogP contribution in [0.3, 0.4) is 0 Å². The van der Waals surface area contributed by atoms with Gasteiger partial charge in [-0.2, -0.15) is 4.31 Å². The van der Waals surface area contributed by atoms with Gasteiger partial charge in [-0.3, -0.25) is 4.79 Å². The Morgan fingerprint density at radius 3 is 2.74 bits per heavy atom. The number of hydrogen-bond donors (Lipinski definition) is 1. The summed E-state index contributed by atoms with van der Waals surface area (Å²) in [5.41, 5.74) is 1.48. The average Bonchev–Trinajstić information content (AvgIpc) is 3.42. The van der Waals surface area contributed by atoms with Crippen LogP contribution in [0.15, 0.2) is 58.0 Å². The Kier molecular flexibility index (Phi) is 5.42. The van der Waals surface area contributed by atoms with Gasteiger partial charge in [0.1, 0.15) is 10.5 Å². The van der Waals surface area contributed by atoms with Gasteiger partial charge in [0, 0.05) is 44.0 Å². The number of rotatable bonds is 5. The van der Waals surface area contributed by atoms with Crippen LogP contribution in [0.2, 0.25) is 0 Å².